The first-order valence-electron chi connectivity index (χ1n) is 8.34. The maximum absolute atomic E-state index is 12.6. The Morgan fingerprint density at radius 2 is 1.38 bits per heavy atom. The summed E-state index contributed by atoms with van der Waals surface area (Å²) in [6, 6.07) is 19.0. The molecule has 0 aliphatic heterocycles. The number of benzene rings is 3. The topological polar surface area (TPSA) is 130 Å². The standard InChI is InChI=1S/C19H16N4O5S/c24-19(20-14-6-2-1-3-7-14)21-17-8-4-5-9-18(17)22-29(27,28)16-12-10-15(11-13-16)23(25)26/h1-13,22H,(H2,20,21,24). The molecule has 3 aromatic rings. The van der Waals surface area contributed by atoms with E-state index < -0.39 is 21.0 Å². The van der Waals surface area contributed by atoms with Gasteiger partial charge in [-0.2, -0.15) is 0 Å². The summed E-state index contributed by atoms with van der Waals surface area (Å²) in [6.45, 7) is 0. The molecule has 0 bridgehead atoms. The van der Waals surface area contributed by atoms with Crippen molar-refractivity contribution >= 4 is 38.8 Å². The molecule has 2 amide bonds. The van der Waals surface area contributed by atoms with Crippen molar-refractivity contribution in [1.29, 1.82) is 0 Å². The van der Waals surface area contributed by atoms with E-state index in [1.165, 1.54) is 12.1 Å². The summed E-state index contributed by atoms with van der Waals surface area (Å²) in [5, 5.41) is 16.0. The first-order chi connectivity index (χ1) is 13.8. The fraction of sp³-hybridized carbons (Fsp3) is 0. The molecular formula is C19H16N4O5S. The van der Waals surface area contributed by atoms with Crippen molar-refractivity contribution in [3.8, 4) is 0 Å². The Hall–Kier alpha value is -3.92. The molecule has 0 heterocycles. The maximum Gasteiger partial charge on any atom is 0.323 e. The molecule has 0 unspecified atom stereocenters. The Bertz CT molecular complexity index is 1130. The van der Waals surface area contributed by atoms with E-state index in [-0.39, 0.29) is 22.0 Å². The molecule has 0 aliphatic carbocycles. The second-order valence-corrected chi connectivity index (χ2v) is 7.53. The minimum atomic E-state index is -4.02. The Morgan fingerprint density at radius 1 is 0.793 bits per heavy atom. The van der Waals surface area contributed by atoms with Gasteiger partial charge in [-0.3, -0.25) is 14.8 Å². The van der Waals surface area contributed by atoms with Crippen LogP contribution in [-0.4, -0.2) is 19.4 Å². The number of nitrogens with one attached hydrogen (secondary N) is 3. The van der Waals surface area contributed by atoms with Crippen molar-refractivity contribution < 1.29 is 18.1 Å². The minimum absolute atomic E-state index is 0.147. The predicted molar refractivity (Wildman–Crippen MR) is 109 cm³/mol. The molecule has 29 heavy (non-hydrogen) atoms. The van der Waals surface area contributed by atoms with Crippen molar-refractivity contribution in [1.82, 2.24) is 0 Å². The molecule has 0 radical (unpaired) electrons. The number of nitro groups is 1. The third-order valence-electron chi connectivity index (χ3n) is 3.81. The normalized spacial score (nSPS) is 10.8. The zero-order valence-corrected chi connectivity index (χ0v) is 15.7. The molecule has 0 fully saturated rings. The summed E-state index contributed by atoms with van der Waals surface area (Å²) < 4.78 is 27.6. The number of non-ortho nitro benzene ring substituents is 1. The Kier molecular flexibility index (Phi) is 5.74. The number of rotatable bonds is 6. The van der Waals surface area contributed by atoms with E-state index in [1.54, 1.807) is 36.4 Å². The maximum atomic E-state index is 12.6. The van der Waals surface area contributed by atoms with E-state index in [2.05, 4.69) is 15.4 Å². The van der Waals surface area contributed by atoms with Crippen molar-refractivity contribution in [2.45, 2.75) is 4.90 Å². The lowest BCUT2D eigenvalue weighted by atomic mass is 10.3. The summed E-state index contributed by atoms with van der Waals surface area (Å²) >= 11 is 0. The second-order valence-electron chi connectivity index (χ2n) is 5.85. The molecule has 0 aromatic heterocycles. The molecule has 0 saturated heterocycles. The second kappa shape index (κ2) is 8.40. The Morgan fingerprint density at radius 3 is 2.00 bits per heavy atom. The summed E-state index contributed by atoms with van der Waals surface area (Å²) in [5.74, 6) is 0. The molecule has 0 spiro atoms. The van der Waals surface area contributed by atoms with Crippen LogP contribution in [0.4, 0.5) is 27.5 Å². The fourth-order valence-corrected chi connectivity index (χ4v) is 3.52. The van der Waals surface area contributed by atoms with Gasteiger partial charge in [-0.25, -0.2) is 13.2 Å². The summed E-state index contributed by atoms with van der Waals surface area (Å²) in [4.78, 5) is 22.2. The van der Waals surface area contributed by atoms with Crippen LogP contribution in [0, 0.1) is 10.1 Å². The summed E-state index contributed by atoms with van der Waals surface area (Å²) in [7, 11) is -4.02. The van der Waals surface area contributed by atoms with Crippen LogP contribution in [0.15, 0.2) is 83.8 Å². The van der Waals surface area contributed by atoms with Crippen molar-refractivity contribution in [2.24, 2.45) is 0 Å². The van der Waals surface area contributed by atoms with Crippen LogP contribution in [0.25, 0.3) is 0 Å². The zero-order valence-electron chi connectivity index (χ0n) is 14.9. The molecule has 3 N–H and O–H groups in total. The van der Waals surface area contributed by atoms with Crippen LogP contribution in [0.2, 0.25) is 0 Å². The zero-order chi connectivity index (χ0) is 20.9. The van der Waals surface area contributed by atoms with E-state index >= 15 is 0 Å². The number of nitro benzene ring substituents is 1. The quantitative estimate of drug-likeness (QED) is 0.415. The lowest BCUT2D eigenvalue weighted by Gasteiger charge is -2.14. The summed E-state index contributed by atoms with van der Waals surface area (Å²) in [5.41, 5.74) is 0.748. The van der Waals surface area contributed by atoms with Gasteiger partial charge >= 0.3 is 6.03 Å². The van der Waals surface area contributed by atoms with Crippen LogP contribution in [0.1, 0.15) is 0 Å². The molecule has 0 aliphatic rings. The number of hydrogen-bond donors (Lipinski definition) is 3. The van der Waals surface area contributed by atoms with E-state index in [9.17, 15) is 23.3 Å². The van der Waals surface area contributed by atoms with Gasteiger partial charge in [-0.15, -0.1) is 0 Å². The lowest BCUT2D eigenvalue weighted by molar-refractivity contribution is -0.384. The van der Waals surface area contributed by atoms with E-state index in [0.29, 0.717) is 5.69 Å². The van der Waals surface area contributed by atoms with E-state index in [0.717, 1.165) is 24.3 Å². The lowest BCUT2D eigenvalue weighted by Crippen LogP contribution is -2.21. The third-order valence-corrected chi connectivity index (χ3v) is 5.19. The Labute approximate surface area is 166 Å². The number of carbonyl (C=O) groups excluding carboxylic acids is 1. The summed E-state index contributed by atoms with van der Waals surface area (Å²) in [6.07, 6.45) is 0. The van der Waals surface area contributed by atoms with E-state index in [1.807, 2.05) is 6.07 Å². The highest BCUT2D eigenvalue weighted by molar-refractivity contribution is 7.92. The van der Waals surface area contributed by atoms with Crippen LogP contribution in [0.3, 0.4) is 0 Å². The first-order valence-corrected chi connectivity index (χ1v) is 9.83. The number of nitrogens with zero attached hydrogens (tertiary/aromatic N) is 1. The largest absolute Gasteiger partial charge is 0.323 e. The molecule has 3 rings (SSSR count). The average Bonchev–Trinajstić information content (AvgIpc) is 2.70. The number of para-hydroxylation sites is 3. The number of hydrogen-bond acceptors (Lipinski definition) is 5. The highest BCUT2D eigenvalue weighted by Gasteiger charge is 2.18. The first kappa shape index (κ1) is 19.8. The van der Waals surface area contributed by atoms with Crippen LogP contribution in [0.5, 0.6) is 0 Å². The molecule has 10 heteroatoms. The van der Waals surface area contributed by atoms with Gasteiger partial charge in [0, 0.05) is 17.8 Å². The third kappa shape index (κ3) is 5.08. The van der Waals surface area contributed by atoms with Crippen LogP contribution >= 0.6 is 0 Å². The molecule has 9 nitrogen and oxygen atoms in total. The van der Waals surface area contributed by atoms with Crippen molar-refractivity contribution in [3.05, 3.63) is 89.0 Å². The number of sulfonamides is 1. The van der Waals surface area contributed by atoms with Crippen LogP contribution in [-0.2, 0) is 10.0 Å². The number of carbonyl (C=O) groups is 1. The Balaban J connectivity index is 1.77. The van der Waals surface area contributed by atoms with Crippen molar-refractivity contribution in [2.75, 3.05) is 15.4 Å². The SMILES string of the molecule is O=C(Nc1ccccc1)Nc1ccccc1NS(=O)(=O)c1ccc([N+](=O)[O-])cc1. The van der Waals surface area contributed by atoms with Crippen LogP contribution < -0.4 is 15.4 Å². The van der Waals surface area contributed by atoms with Gasteiger partial charge < -0.3 is 10.6 Å². The molecular weight excluding hydrogens is 396 g/mol. The van der Waals surface area contributed by atoms with E-state index in [4.69, 9.17) is 0 Å². The highest BCUT2D eigenvalue weighted by Crippen LogP contribution is 2.25. The minimum Gasteiger partial charge on any atom is -0.308 e. The smallest absolute Gasteiger partial charge is 0.308 e. The number of urea groups is 1. The van der Waals surface area contributed by atoms with Gasteiger partial charge in [0.25, 0.3) is 15.7 Å². The molecule has 3 aromatic carbocycles. The molecule has 148 valence electrons. The van der Waals surface area contributed by atoms with Gasteiger partial charge in [-0.05, 0) is 36.4 Å². The van der Waals surface area contributed by atoms with Gasteiger partial charge in [0.05, 0.1) is 21.2 Å². The van der Waals surface area contributed by atoms with Gasteiger partial charge in [0.2, 0.25) is 0 Å². The fourth-order valence-electron chi connectivity index (χ4n) is 2.44. The number of amides is 2. The highest BCUT2D eigenvalue weighted by atomic mass is 32.2. The van der Waals surface area contributed by atoms with Crippen molar-refractivity contribution in [3.63, 3.8) is 0 Å². The predicted octanol–water partition coefficient (Wildman–Crippen LogP) is 4.04. The van der Waals surface area contributed by atoms with Gasteiger partial charge in [0.15, 0.2) is 0 Å². The average molecular weight is 412 g/mol. The molecule has 0 saturated carbocycles. The van der Waals surface area contributed by atoms with Gasteiger partial charge in [-0.1, -0.05) is 30.3 Å². The molecule has 0 atom stereocenters. The van der Waals surface area contributed by atoms with Gasteiger partial charge in [0.1, 0.15) is 0 Å². The number of anilines is 3. The monoisotopic (exact) mass is 412 g/mol.